The van der Waals surface area contributed by atoms with Crippen LogP contribution in [0.25, 0.3) is 0 Å². The third-order valence-electron chi connectivity index (χ3n) is 5.69. The van der Waals surface area contributed by atoms with Gasteiger partial charge >= 0.3 is 11.9 Å². The number of carboxylic acid groups (broad SMARTS) is 2. The topological polar surface area (TPSA) is 179 Å². The highest BCUT2D eigenvalue weighted by Crippen LogP contribution is 2.19. The molecule has 1 fully saturated rings. The molecule has 0 saturated carbocycles. The molecule has 1 aromatic carbocycles. The fraction of sp³-hybridized carbons (Fsp3) is 0.522. The molecule has 35 heavy (non-hydrogen) atoms. The van der Waals surface area contributed by atoms with E-state index in [2.05, 4.69) is 10.6 Å². The number of hydrogen-bond donors (Lipinski definition) is 5. The average Bonchev–Trinajstić information content (AvgIpc) is 3.30. The van der Waals surface area contributed by atoms with Crippen molar-refractivity contribution in [2.24, 2.45) is 5.73 Å². The highest BCUT2D eigenvalue weighted by atomic mass is 32.2. The van der Waals surface area contributed by atoms with Crippen molar-refractivity contribution in [1.82, 2.24) is 15.5 Å². The number of carbonyl (C=O) groups is 5. The number of likely N-dealkylation sites (tertiary alicyclic amines) is 1. The quantitative estimate of drug-likeness (QED) is 0.242. The van der Waals surface area contributed by atoms with E-state index in [1.54, 1.807) is 6.26 Å². The summed E-state index contributed by atoms with van der Waals surface area (Å²) in [6.45, 7) is 0.310. The number of benzene rings is 1. The van der Waals surface area contributed by atoms with E-state index in [9.17, 15) is 34.2 Å². The number of rotatable bonds is 13. The molecule has 6 N–H and O–H groups in total. The van der Waals surface area contributed by atoms with Crippen LogP contribution in [-0.4, -0.2) is 87.5 Å². The first kappa shape index (κ1) is 28.1. The molecule has 1 aliphatic rings. The summed E-state index contributed by atoms with van der Waals surface area (Å²) >= 11 is 1.40. The Bertz CT molecular complexity index is 914. The summed E-state index contributed by atoms with van der Waals surface area (Å²) in [5.74, 6) is -4.13. The molecular weight excluding hydrogens is 476 g/mol. The molecule has 11 nitrogen and oxygen atoms in total. The van der Waals surface area contributed by atoms with E-state index in [0.29, 0.717) is 31.6 Å². The molecule has 4 atom stereocenters. The van der Waals surface area contributed by atoms with Crippen LogP contribution in [0.2, 0.25) is 0 Å². The number of thioether (sulfide) groups is 1. The summed E-state index contributed by atoms with van der Waals surface area (Å²) in [6.07, 6.45) is 2.37. The summed E-state index contributed by atoms with van der Waals surface area (Å²) in [7, 11) is 0. The minimum atomic E-state index is -1.49. The molecule has 12 heteroatoms. The number of carbonyl (C=O) groups excluding carboxylic acids is 3. The number of nitrogens with two attached hydrogens (primary N) is 1. The van der Waals surface area contributed by atoms with Gasteiger partial charge in [0.15, 0.2) is 0 Å². The van der Waals surface area contributed by atoms with Crippen LogP contribution in [-0.2, 0) is 30.4 Å². The fourth-order valence-electron chi connectivity index (χ4n) is 3.89. The van der Waals surface area contributed by atoms with Gasteiger partial charge in [-0.2, -0.15) is 11.8 Å². The Morgan fingerprint density at radius 2 is 1.80 bits per heavy atom. The van der Waals surface area contributed by atoms with Gasteiger partial charge in [0, 0.05) is 6.54 Å². The van der Waals surface area contributed by atoms with Crippen LogP contribution in [0.5, 0.6) is 0 Å². The summed E-state index contributed by atoms with van der Waals surface area (Å²) in [5.41, 5.74) is 6.98. The highest BCUT2D eigenvalue weighted by Gasteiger charge is 2.38. The maximum atomic E-state index is 13.0. The number of carboxylic acids is 2. The molecule has 192 valence electrons. The van der Waals surface area contributed by atoms with Crippen LogP contribution in [0.4, 0.5) is 0 Å². The summed E-state index contributed by atoms with van der Waals surface area (Å²) in [5, 5.41) is 23.3. The van der Waals surface area contributed by atoms with Gasteiger partial charge in [0.05, 0.1) is 12.5 Å². The molecule has 0 aromatic heterocycles. The van der Waals surface area contributed by atoms with Crippen LogP contribution in [0, 0.1) is 0 Å². The van der Waals surface area contributed by atoms with Gasteiger partial charge in [-0.05, 0) is 43.3 Å². The zero-order chi connectivity index (χ0) is 26.0. The fourth-order valence-corrected chi connectivity index (χ4v) is 4.36. The van der Waals surface area contributed by atoms with Crippen LogP contribution in [0.15, 0.2) is 30.3 Å². The van der Waals surface area contributed by atoms with Gasteiger partial charge in [-0.3, -0.25) is 19.2 Å². The third kappa shape index (κ3) is 8.55. The van der Waals surface area contributed by atoms with Crippen molar-refractivity contribution < 1.29 is 34.2 Å². The maximum absolute atomic E-state index is 13.0. The molecule has 0 spiro atoms. The van der Waals surface area contributed by atoms with Crippen molar-refractivity contribution in [1.29, 1.82) is 0 Å². The summed E-state index contributed by atoms with van der Waals surface area (Å²) in [4.78, 5) is 62.7. The van der Waals surface area contributed by atoms with Crippen molar-refractivity contribution >= 4 is 41.4 Å². The second-order valence-corrected chi connectivity index (χ2v) is 9.31. The Kier molecular flexibility index (Phi) is 11.0. The first-order valence-electron chi connectivity index (χ1n) is 11.3. The third-order valence-corrected chi connectivity index (χ3v) is 6.34. The van der Waals surface area contributed by atoms with E-state index >= 15 is 0 Å². The SMILES string of the molecule is CSCCC(NC(=O)C(CC(=O)O)NC(=O)C1CCCN1C(=O)C(N)Cc1ccccc1)C(=O)O. The molecule has 0 aliphatic carbocycles. The van der Waals surface area contributed by atoms with Gasteiger partial charge in [0.25, 0.3) is 0 Å². The van der Waals surface area contributed by atoms with Crippen molar-refractivity contribution in [2.75, 3.05) is 18.6 Å². The molecule has 0 bridgehead atoms. The Morgan fingerprint density at radius 1 is 1.11 bits per heavy atom. The summed E-state index contributed by atoms with van der Waals surface area (Å²) in [6, 6.07) is 4.74. The van der Waals surface area contributed by atoms with Crippen molar-refractivity contribution in [3.05, 3.63) is 35.9 Å². The largest absolute Gasteiger partial charge is 0.481 e. The number of nitrogens with zero attached hydrogens (tertiary/aromatic N) is 1. The Morgan fingerprint density at radius 3 is 2.40 bits per heavy atom. The molecular formula is C23H32N4O7S. The molecule has 1 aromatic rings. The standard InChI is InChI=1S/C23H32N4O7S/c1-35-11-9-16(23(33)34)25-20(30)17(13-19(28)29)26-21(31)18-8-5-10-27(18)22(32)15(24)12-14-6-3-2-4-7-14/h2-4,6-7,15-18H,5,8-13,24H2,1H3,(H,25,30)(H,26,31)(H,28,29)(H,33,34). The molecule has 1 aliphatic heterocycles. The second kappa shape index (κ2) is 13.7. The number of amides is 3. The number of aliphatic carboxylic acids is 2. The van der Waals surface area contributed by atoms with Crippen molar-refractivity contribution in [3.63, 3.8) is 0 Å². The van der Waals surface area contributed by atoms with Gasteiger partial charge < -0.3 is 31.5 Å². The van der Waals surface area contributed by atoms with E-state index in [1.165, 1.54) is 16.7 Å². The van der Waals surface area contributed by atoms with Gasteiger partial charge in [-0.15, -0.1) is 0 Å². The monoisotopic (exact) mass is 508 g/mol. The Labute approximate surface area is 207 Å². The van der Waals surface area contributed by atoms with Crippen LogP contribution < -0.4 is 16.4 Å². The minimum Gasteiger partial charge on any atom is -0.481 e. The number of nitrogens with one attached hydrogen (secondary N) is 2. The first-order valence-corrected chi connectivity index (χ1v) is 12.7. The lowest BCUT2D eigenvalue weighted by Gasteiger charge is -2.28. The Hall–Kier alpha value is -3.12. The van der Waals surface area contributed by atoms with E-state index < -0.39 is 60.2 Å². The highest BCUT2D eigenvalue weighted by molar-refractivity contribution is 7.98. The molecule has 3 amide bonds. The van der Waals surface area contributed by atoms with Gasteiger partial charge in [0.1, 0.15) is 18.1 Å². The van der Waals surface area contributed by atoms with Crippen LogP contribution >= 0.6 is 11.8 Å². The lowest BCUT2D eigenvalue weighted by Crippen LogP contribution is -2.57. The van der Waals surface area contributed by atoms with Gasteiger partial charge in [-0.1, -0.05) is 30.3 Å². The van der Waals surface area contributed by atoms with E-state index in [4.69, 9.17) is 5.73 Å². The van der Waals surface area contributed by atoms with E-state index in [0.717, 1.165) is 5.56 Å². The van der Waals surface area contributed by atoms with Gasteiger partial charge in [0.2, 0.25) is 17.7 Å². The zero-order valence-corrected chi connectivity index (χ0v) is 20.3. The second-order valence-electron chi connectivity index (χ2n) is 8.33. The zero-order valence-electron chi connectivity index (χ0n) is 19.5. The lowest BCUT2D eigenvalue weighted by atomic mass is 10.0. The minimum absolute atomic E-state index is 0.139. The van der Waals surface area contributed by atoms with Crippen molar-refractivity contribution in [3.8, 4) is 0 Å². The molecule has 1 saturated heterocycles. The normalized spacial score (nSPS) is 17.8. The van der Waals surface area contributed by atoms with E-state index in [1.807, 2.05) is 30.3 Å². The smallest absolute Gasteiger partial charge is 0.326 e. The average molecular weight is 509 g/mol. The van der Waals surface area contributed by atoms with Gasteiger partial charge in [-0.25, -0.2) is 4.79 Å². The Balaban J connectivity index is 2.07. The van der Waals surface area contributed by atoms with Crippen LogP contribution in [0.1, 0.15) is 31.2 Å². The van der Waals surface area contributed by atoms with Crippen LogP contribution in [0.3, 0.4) is 0 Å². The predicted molar refractivity (Wildman–Crippen MR) is 130 cm³/mol. The molecule has 4 unspecified atom stereocenters. The first-order chi connectivity index (χ1) is 16.6. The molecule has 0 radical (unpaired) electrons. The van der Waals surface area contributed by atoms with E-state index in [-0.39, 0.29) is 6.42 Å². The maximum Gasteiger partial charge on any atom is 0.326 e. The molecule has 1 heterocycles. The van der Waals surface area contributed by atoms with Crippen molar-refractivity contribution in [2.45, 2.75) is 56.3 Å². The number of hydrogen-bond acceptors (Lipinski definition) is 7. The lowest BCUT2D eigenvalue weighted by molar-refractivity contribution is -0.144. The predicted octanol–water partition coefficient (Wildman–Crippen LogP) is -0.171. The summed E-state index contributed by atoms with van der Waals surface area (Å²) < 4.78 is 0. The molecule has 2 rings (SSSR count).